The number of carbonyl (C=O) groups excluding carboxylic acids is 1. The molecular weight excluding hydrogens is 364 g/mol. The van der Waals surface area contributed by atoms with Gasteiger partial charge in [0.1, 0.15) is 11.1 Å². The molecule has 3 aromatic rings. The minimum absolute atomic E-state index is 0.0843. The first-order valence-electron chi connectivity index (χ1n) is 8.86. The van der Waals surface area contributed by atoms with Gasteiger partial charge in [0, 0.05) is 42.3 Å². The molecule has 2 aromatic carbocycles. The van der Waals surface area contributed by atoms with Crippen LogP contribution in [0.3, 0.4) is 0 Å². The van der Waals surface area contributed by atoms with Crippen molar-refractivity contribution in [1.82, 2.24) is 4.90 Å². The molecule has 0 bridgehead atoms. The molecule has 0 atom stereocenters. The van der Waals surface area contributed by atoms with Crippen LogP contribution >= 0.6 is 11.6 Å². The van der Waals surface area contributed by atoms with Gasteiger partial charge in [0.2, 0.25) is 0 Å². The van der Waals surface area contributed by atoms with E-state index in [0.29, 0.717) is 36.8 Å². The summed E-state index contributed by atoms with van der Waals surface area (Å²) in [7, 11) is 0. The van der Waals surface area contributed by atoms with E-state index in [1.165, 1.54) is 0 Å². The van der Waals surface area contributed by atoms with Crippen LogP contribution in [0.4, 0.5) is 5.69 Å². The minimum Gasteiger partial charge on any atom is -0.422 e. The first-order valence-corrected chi connectivity index (χ1v) is 9.24. The van der Waals surface area contributed by atoms with E-state index in [2.05, 4.69) is 4.90 Å². The number of anilines is 1. The second kappa shape index (κ2) is 7.08. The van der Waals surface area contributed by atoms with E-state index in [-0.39, 0.29) is 11.5 Å². The Hall–Kier alpha value is -2.79. The molecule has 1 fully saturated rings. The lowest BCUT2D eigenvalue weighted by Crippen LogP contribution is -2.49. The van der Waals surface area contributed by atoms with Gasteiger partial charge in [-0.3, -0.25) is 4.79 Å². The second-order valence-corrected chi connectivity index (χ2v) is 7.13. The molecule has 0 unspecified atom stereocenters. The van der Waals surface area contributed by atoms with Gasteiger partial charge >= 0.3 is 5.63 Å². The van der Waals surface area contributed by atoms with Crippen LogP contribution in [0.25, 0.3) is 11.0 Å². The zero-order valence-electron chi connectivity index (χ0n) is 14.9. The van der Waals surface area contributed by atoms with Crippen LogP contribution in [-0.4, -0.2) is 37.0 Å². The van der Waals surface area contributed by atoms with Crippen LogP contribution in [0.5, 0.6) is 0 Å². The first-order chi connectivity index (χ1) is 13.0. The third-order valence-corrected chi connectivity index (χ3v) is 5.19. The maximum Gasteiger partial charge on any atom is 0.349 e. The Balaban J connectivity index is 1.53. The largest absolute Gasteiger partial charge is 0.422 e. The summed E-state index contributed by atoms with van der Waals surface area (Å²) < 4.78 is 5.30. The fraction of sp³-hybridized carbons (Fsp3) is 0.238. The summed E-state index contributed by atoms with van der Waals surface area (Å²) in [5, 5.41) is 1.44. The van der Waals surface area contributed by atoms with Crippen LogP contribution in [0.15, 0.2) is 57.7 Å². The van der Waals surface area contributed by atoms with E-state index in [4.69, 9.17) is 16.0 Å². The van der Waals surface area contributed by atoms with E-state index < -0.39 is 5.63 Å². The molecular formula is C21H19ClN2O3. The highest BCUT2D eigenvalue weighted by molar-refractivity contribution is 6.30. The molecule has 5 nitrogen and oxygen atoms in total. The maximum absolute atomic E-state index is 12.9. The average Bonchev–Trinajstić information content (AvgIpc) is 2.69. The van der Waals surface area contributed by atoms with Gasteiger partial charge in [0.15, 0.2) is 0 Å². The van der Waals surface area contributed by atoms with Crippen molar-refractivity contribution < 1.29 is 9.21 Å². The van der Waals surface area contributed by atoms with E-state index in [1.54, 1.807) is 23.1 Å². The number of fused-ring (bicyclic) bond motifs is 1. The van der Waals surface area contributed by atoms with Crippen molar-refractivity contribution in [3.63, 3.8) is 0 Å². The van der Waals surface area contributed by atoms with Crippen molar-refractivity contribution >= 4 is 34.2 Å². The number of hydrogen-bond donors (Lipinski definition) is 0. The quantitative estimate of drug-likeness (QED) is 0.634. The van der Waals surface area contributed by atoms with Gasteiger partial charge < -0.3 is 14.2 Å². The van der Waals surface area contributed by atoms with Gasteiger partial charge in [-0.25, -0.2) is 4.79 Å². The standard InChI is InChI=1S/C21H19ClN2O3/c1-14-6-7-16(22)13-18(14)23-8-10-24(11-9-23)20(25)17-12-15-4-2-3-5-19(15)27-21(17)26/h2-7,12-13H,8-11H2,1H3. The lowest BCUT2D eigenvalue weighted by atomic mass is 10.1. The number of benzene rings is 2. The van der Waals surface area contributed by atoms with Crippen molar-refractivity contribution in [3.8, 4) is 0 Å². The smallest absolute Gasteiger partial charge is 0.349 e. The average molecular weight is 383 g/mol. The third-order valence-electron chi connectivity index (χ3n) is 4.95. The van der Waals surface area contributed by atoms with Crippen LogP contribution in [0.2, 0.25) is 5.02 Å². The van der Waals surface area contributed by atoms with E-state index in [1.807, 2.05) is 37.3 Å². The molecule has 1 saturated heterocycles. The fourth-order valence-electron chi connectivity index (χ4n) is 3.46. The molecule has 0 saturated carbocycles. The monoisotopic (exact) mass is 382 g/mol. The second-order valence-electron chi connectivity index (χ2n) is 6.70. The normalized spacial score (nSPS) is 14.6. The SMILES string of the molecule is Cc1ccc(Cl)cc1N1CCN(C(=O)c2cc3ccccc3oc2=O)CC1. The number of nitrogens with zero attached hydrogens (tertiary/aromatic N) is 2. The highest BCUT2D eigenvalue weighted by Crippen LogP contribution is 2.25. The summed E-state index contributed by atoms with van der Waals surface area (Å²) in [4.78, 5) is 29.0. The molecule has 1 aromatic heterocycles. The van der Waals surface area contributed by atoms with Crippen LogP contribution in [0.1, 0.15) is 15.9 Å². The van der Waals surface area contributed by atoms with Crippen molar-refractivity contribution in [2.75, 3.05) is 31.1 Å². The summed E-state index contributed by atoms with van der Waals surface area (Å²) in [6.45, 7) is 4.50. The zero-order chi connectivity index (χ0) is 19.0. The van der Waals surface area contributed by atoms with Gasteiger partial charge in [-0.1, -0.05) is 35.9 Å². The summed E-state index contributed by atoms with van der Waals surface area (Å²) in [5.74, 6) is -0.281. The van der Waals surface area contributed by atoms with Crippen LogP contribution < -0.4 is 10.5 Å². The Morgan fingerprint density at radius 1 is 1.04 bits per heavy atom. The number of para-hydroxylation sites is 1. The van der Waals surface area contributed by atoms with Crippen molar-refractivity contribution in [3.05, 3.63) is 75.1 Å². The molecule has 0 aliphatic carbocycles. The fourth-order valence-corrected chi connectivity index (χ4v) is 3.62. The van der Waals surface area contributed by atoms with Gasteiger partial charge in [-0.2, -0.15) is 0 Å². The molecule has 0 N–H and O–H groups in total. The van der Waals surface area contributed by atoms with E-state index >= 15 is 0 Å². The number of aryl methyl sites for hydroxylation is 1. The predicted octanol–water partition coefficient (Wildman–Crippen LogP) is 3.72. The Bertz CT molecular complexity index is 1070. The molecule has 1 aliphatic heterocycles. The highest BCUT2D eigenvalue weighted by Gasteiger charge is 2.25. The molecule has 1 aliphatic rings. The van der Waals surface area contributed by atoms with Gasteiger partial charge in [0.25, 0.3) is 5.91 Å². The molecule has 0 radical (unpaired) electrons. The summed E-state index contributed by atoms with van der Waals surface area (Å²) >= 11 is 6.12. The molecule has 4 rings (SSSR count). The summed E-state index contributed by atoms with van der Waals surface area (Å²) in [5.41, 5.74) is 2.21. The van der Waals surface area contributed by atoms with Crippen molar-refractivity contribution in [2.45, 2.75) is 6.92 Å². The number of hydrogen-bond acceptors (Lipinski definition) is 4. The number of halogens is 1. The first kappa shape index (κ1) is 17.6. The molecule has 6 heteroatoms. The van der Waals surface area contributed by atoms with E-state index in [0.717, 1.165) is 16.6 Å². The molecule has 1 amide bonds. The van der Waals surface area contributed by atoms with E-state index in [9.17, 15) is 9.59 Å². The van der Waals surface area contributed by atoms with Gasteiger partial charge in [-0.15, -0.1) is 0 Å². The lowest BCUT2D eigenvalue weighted by molar-refractivity contribution is 0.0742. The van der Waals surface area contributed by atoms with Crippen molar-refractivity contribution in [1.29, 1.82) is 0 Å². The molecule has 27 heavy (non-hydrogen) atoms. The number of rotatable bonds is 2. The lowest BCUT2D eigenvalue weighted by Gasteiger charge is -2.36. The maximum atomic E-state index is 12.9. The molecule has 138 valence electrons. The molecule has 0 spiro atoms. The Kier molecular flexibility index (Phi) is 4.62. The summed E-state index contributed by atoms with van der Waals surface area (Å²) in [6, 6.07) is 14.6. The van der Waals surface area contributed by atoms with Crippen molar-refractivity contribution in [2.24, 2.45) is 0 Å². The third kappa shape index (κ3) is 3.43. The Labute approximate surface area is 161 Å². The number of carbonyl (C=O) groups is 1. The number of piperazine rings is 1. The predicted molar refractivity (Wildman–Crippen MR) is 107 cm³/mol. The topological polar surface area (TPSA) is 53.8 Å². The Morgan fingerprint density at radius 2 is 1.78 bits per heavy atom. The zero-order valence-corrected chi connectivity index (χ0v) is 15.7. The van der Waals surface area contributed by atoms with Crippen LogP contribution in [-0.2, 0) is 0 Å². The summed E-state index contributed by atoms with van der Waals surface area (Å²) in [6.07, 6.45) is 0. The molecule has 2 heterocycles. The van der Waals surface area contributed by atoms with Gasteiger partial charge in [0.05, 0.1) is 0 Å². The van der Waals surface area contributed by atoms with Crippen LogP contribution in [0, 0.1) is 6.92 Å². The Morgan fingerprint density at radius 3 is 2.56 bits per heavy atom. The van der Waals surface area contributed by atoms with Gasteiger partial charge in [-0.05, 0) is 36.8 Å². The highest BCUT2D eigenvalue weighted by atomic mass is 35.5. The number of amides is 1. The minimum atomic E-state index is -0.591.